The highest BCUT2D eigenvalue weighted by atomic mass is 16.6. The van der Waals surface area contributed by atoms with Gasteiger partial charge in [0.25, 0.3) is 0 Å². The van der Waals surface area contributed by atoms with E-state index in [1.54, 1.807) is 6.20 Å². The Morgan fingerprint density at radius 3 is 2.83 bits per heavy atom. The maximum atomic E-state index is 11.2. The van der Waals surface area contributed by atoms with Gasteiger partial charge in [-0.1, -0.05) is 18.2 Å². The van der Waals surface area contributed by atoms with E-state index in [-0.39, 0.29) is 29.6 Å². The van der Waals surface area contributed by atoms with Crippen LogP contribution in [0.3, 0.4) is 0 Å². The lowest BCUT2D eigenvalue weighted by Crippen LogP contribution is -2.15. The number of para-hydroxylation sites is 1. The first-order valence-corrected chi connectivity index (χ1v) is 5.75. The normalized spacial score (nSPS) is 12.5. The molecule has 0 aliphatic rings. The first-order valence-electron chi connectivity index (χ1n) is 5.75. The number of ketones is 1. The summed E-state index contributed by atoms with van der Waals surface area (Å²) in [5.74, 6) is -0.402. The van der Waals surface area contributed by atoms with Crippen LogP contribution in [0.5, 0.6) is 0 Å². The molecule has 0 aliphatic heterocycles. The van der Waals surface area contributed by atoms with Crippen LogP contribution in [0.2, 0.25) is 0 Å². The van der Waals surface area contributed by atoms with Crippen LogP contribution < -0.4 is 0 Å². The van der Waals surface area contributed by atoms with E-state index >= 15 is 0 Å². The highest BCUT2D eigenvalue weighted by Gasteiger charge is 2.22. The van der Waals surface area contributed by atoms with Crippen molar-refractivity contribution >= 4 is 16.7 Å². The molecule has 0 bridgehead atoms. The molecule has 0 aliphatic carbocycles. The van der Waals surface area contributed by atoms with Gasteiger partial charge < -0.3 is 9.78 Å². The SMILES string of the molecule is CC(=O)CC(C[N+](=O)[O-])c1c[nH]c2ccccc12. The number of nitrogens with zero attached hydrogens (tertiary/aromatic N) is 1. The van der Waals surface area contributed by atoms with Crippen molar-refractivity contribution in [1.82, 2.24) is 4.98 Å². The Labute approximate surface area is 104 Å². The molecule has 5 nitrogen and oxygen atoms in total. The summed E-state index contributed by atoms with van der Waals surface area (Å²) in [4.78, 5) is 24.7. The predicted octanol–water partition coefficient (Wildman–Crippen LogP) is 2.51. The van der Waals surface area contributed by atoms with Crippen LogP contribution in [0.1, 0.15) is 24.8 Å². The van der Waals surface area contributed by atoms with Crippen LogP contribution in [-0.4, -0.2) is 22.2 Å². The number of carbonyl (C=O) groups is 1. The first-order chi connectivity index (χ1) is 8.58. The smallest absolute Gasteiger partial charge is 0.211 e. The summed E-state index contributed by atoms with van der Waals surface area (Å²) in [6, 6.07) is 7.61. The first kappa shape index (κ1) is 12.3. The number of aromatic amines is 1. The third-order valence-electron chi connectivity index (χ3n) is 2.96. The lowest BCUT2D eigenvalue weighted by molar-refractivity contribution is -0.483. The number of fused-ring (bicyclic) bond motifs is 1. The second kappa shape index (κ2) is 5.00. The number of carbonyl (C=O) groups excluding carboxylic acids is 1. The summed E-state index contributed by atoms with van der Waals surface area (Å²) in [6.07, 6.45) is 1.96. The summed E-state index contributed by atoms with van der Waals surface area (Å²) in [7, 11) is 0. The third kappa shape index (κ3) is 2.56. The number of hydrogen-bond donors (Lipinski definition) is 1. The number of hydrogen-bond acceptors (Lipinski definition) is 3. The third-order valence-corrected chi connectivity index (χ3v) is 2.96. The van der Waals surface area contributed by atoms with E-state index in [0.717, 1.165) is 16.5 Å². The van der Waals surface area contributed by atoms with Crippen LogP contribution in [0, 0.1) is 10.1 Å². The van der Waals surface area contributed by atoms with E-state index in [0.29, 0.717) is 0 Å². The molecule has 5 heteroatoms. The molecule has 0 saturated heterocycles. The lowest BCUT2D eigenvalue weighted by atomic mass is 9.94. The van der Waals surface area contributed by atoms with Gasteiger partial charge in [-0.2, -0.15) is 0 Å². The van der Waals surface area contributed by atoms with Crippen molar-refractivity contribution in [1.29, 1.82) is 0 Å². The standard InChI is InChI=1S/C13H14N2O3/c1-9(16)6-10(8-15(17)18)12-7-14-13-5-3-2-4-11(12)13/h2-5,7,10,14H,6,8H2,1H3. The molecule has 0 radical (unpaired) electrons. The van der Waals surface area contributed by atoms with Crippen molar-refractivity contribution in [3.05, 3.63) is 46.1 Å². The highest BCUT2D eigenvalue weighted by Crippen LogP contribution is 2.28. The monoisotopic (exact) mass is 246 g/mol. The number of rotatable bonds is 5. The molecule has 0 fully saturated rings. The highest BCUT2D eigenvalue weighted by molar-refractivity contribution is 5.85. The molecule has 1 N–H and O–H groups in total. The number of nitro groups is 1. The van der Waals surface area contributed by atoms with Crippen LogP contribution in [0.25, 0.3) is 10.9 Å². The van der Waals surface area contributed by atoms with Gasteiger partial charge in [0.1, 0.15) is 5.78 Å². The van der Waals surface area contributed by atoms with Crippen molar-refractivity contribution < 1.29 is 9.72 Å². The van der Waals surface area contributed by atoms with Crippen molar-refractivity contribution in [2.75, 3.05) is 6.54 Å². The maximum Gasteiger partial charge on any atom is 0.211 e. The molecule has 94 valence electrons. The molecule has 2 rings (SSSR count). The number of benzene rings is 1. The lowest BCUT2D eigenvalue weighted by Gasteiger charge is -2.10. The molecule has 1 unspecified atom stereocenters. The molecule has 1 aromatic heterocycles. The van der Waals surface area contributed by atoms with Crippen LogP contribution in [-0.2, 0) is 4.79 Å². The predicted molar refractivity (Wildman–Crippen MR) is 68.2 cm³/mol. The summed E-state index contributed by atoms with van der Waals surface area (Å²) in [5, 5.41) is 11.7. The quantitative estimate of drug-likeness (QED) is 0.650. The minimum Gasteiger partial charge on any atom is -0.361 e. The van der Waals surface area contributed by atoms with Crippen LogP contribution in [0.4, 0.5) is 0 Å². The molecule has 0 spiro atoms. The Morgan fingerprint density at radius 1 is 1.44 bits per heavy atom. The van der Waals surface area contributed by atoms with E-state index in [1.165, 1.54) is 6.92 Å². The minimum atomic E-state index is -0.367. The minimum absolute atomic E-state index is 0.0351. The second-order valence-electron chi connectivity index (χ2n) is 4.41. The maximum absolute atomic E-state index is 11.2. The van der Waals surface area contributed by atoms with Gasteiger partial charge in [0.2, 0.25) is 6.54 Å². The molecule has 0 saturated carbocycles. The van der Waals surface area contributed by atoms with Crippen LogP contribution in [0.15, 0.2) is 30.5 Å². The van der Waals surface area contributed by atoms with E-state index < -0.39 is 0 Å². The second-order valence-corrected chi connectivity index (χ2v) is 4.41. The Bertz CT molecular complexity index is 573. The zero-order chi connectivity index (χ0) is 13.1. The number of aromatic nitrogens is 1. The molecule has 18 heavy (non-hydrogen) atoms. The van der Waals surface area contributed by atoms with E-state index in [4.69, 9.17) is 0 Å². The molecule has 1 aromatic carbocycles. The van der Waals surface area contributed by atoms with Gasteiger partial charge >= 0.3 is 0 Å². The Kier molecular flexibility index (Phi) is 3.41. The fraction of sp³-hybridized carbons (Fsp3) is 0.308. The van der Waals surface area contributed by atoms with Crippen molar-refractivity contribution in [2.45, 2.75) is 19.3 Å². The Morgan fingerprint density at radius 2 is 2.17 bits per heavy atom. The van der Waals surface area contributed by atoms with E-state index in [1.807, 2.05) is 24.3 Å². The van der Waals surface area contributed by atoms with Crippen molar-refractivity contribution in [2.24, 2.45) is 0 Å². The molecular weight excluding hydrogens is 232 g/mol. The molecular formula is C13H14N2O3. The molecule has 2 aromatic rings. The summed E-state index contributed by atoms with van der Waals surface area (Å²) in [6.45, 7) is 1.24. The average molecular weight is 246 g/mol. The average Bonchev–Trinajstić information content (AvgIpc) is 2.70. The molecule has 0 amide bonds. The molecule has 1 heterocycles. The largest absolute Gasteiger partial charge is 0.361 e. The number of Topliss-reactive ketones (excluding diaryl/α,β-unsaturated/α-hetero) is 1. The zero-order valence-corrected chi connectivity index (χ0v) is 10.1. The Balaban J connectivity index is 2.40. The van der Waals surface area contributed by atoms with Crippen LogP contribution >= 0.6 is 0 Å². The van der Waals surface area contributed by atoms with Crippen molar-refractivity contribution in [3.63, 3.8) is 0 Å². The molecule has 1 atom stereocenters. The topological polar surface area (TPSA) is 76.0 Å². The van der Waals surface area contributed by atoms with Gasteiger partial charge in [-0.25, -0.2) is 0 Å². The zero-order valence-electron chi connectivity index (χ0n) is 10.1. The van der Waals surface area contributed by atoms with Gasteiger partial charge in [-0.15, -0.1) is 0 Å². The van der Waals surface area contributed by atoms with Gasteiger partial charge in [0, 0.05) is 28.4 Å². The van der Waals surface area contributed by atoms with Gasteiger partial charge in [0.15, 0.2) is 0 Å². The van der Waals surface area contributed by atoms with E-state index in [2.05, 4.69) is 4.98 Å². The van der Waals surface area contributed by atoms with E-state index in [9.17, 15) is 14.9 Å². The van der Waals surface area contributed by atoms with Gasteiger partial charge in [-0.05, 0) is 18.6 Å². The summed E-state index contributed by atoms with van der Waals surface area (Å²) >= 11 is 0. The van der Waals surface area contributed by atoms with Gasteiger partial charge in [-0.3, -0.25) is 10.1 Å². The Hall–Kier alpha value is -2.17. The number of H-pyrrole nitrogens is 1. The summed E-state index contributed by atoms with van der Waals surface area (Å²) < 4.78 is 0. The summed E-state index contributed by atoms with van der Waals surface area (Å²) in [5.41, 5.74) is 1.78. The number of nitrogens with one attached hydrogen (secondary N) is 1. The fourth-order valence-corrected chi connectivity index (χ4v) is 2.23. The fourth-order valence-electron chi connectivity index (χ4n) is 2.23. The van der Waals surface area contributed by atoms with Gasteiger partial charge in [0.05, 0.1) is 5.92 Å². The van der Waals surface area contributed by atoms with Crippen molar-refractivity contribution in [3.8, 4) is 0 Å².